The van der Waals surface area contributed by atoms with Gasteiger partial charge in [-0.15, -0.1) is 0 Å². The maximum atomic E-state index is 13.9. The molecule has 1 amide bonds. The van der Waals surface area contributed by atoms with Crippen molar-refractivity contribution in [3.63, 3.8) is 0 Å². The van der Waals surface area contributed by atoms with Gasteiger partial charge in [0.25, 0.3) is 11.8 Å². The smallest absolute Gasteiger partial charge is 0.267 e. The summed E-state index contributed by atoms with van der Waals surface area (Å²) >= 11 is 0. The molecule has 4 heterocycles. The summed E-state index contributed by atoms with van der Waals surface area (Å²) in [5.41, 5.74) is 5.99. The number of carbonyl (C=O) groups is 1. The van der Waals surface area contributed by atoms with Gasteiger partial charge < -0.3 is 9.64 Å². The van der Waals surface area contributed by atoms with Crippen LogP contribution in [0.2, 0.25) is 0 Å². The number of amides is 1. The Labute approximate surface area is 184 Å². The second-order valence-corrected chi connectivity index (χ2v) is 8.75. The van der Waals surface area contributed by atoms with Crippen LogP contribution in [0.3, 0.4) is 0 Å². The SMILES string of the molecule is Cc1c(Cc2ccc(-c3cnn(C)c3)nc2)cc2c(c1C)OC[C@H]1CC(F)(F)CN1C2=O. The zero-order valence-corrected chi connectivity index (χ0v) is 18.2. The van der Waals surface area contributed by atoms with Gasteiger partial charge in [0.2, 0.25) is 0 Å². The lowest BCUT2D eigenvalue weighted by atomic mass is 9.93. The number of carbonyl (C=O) groups excluding carboxylic acids is 1. The first-order valence-electron chi connectivity index (χ1n) is 10.6. The van der Waals surface area contributed by atoms with Crippen molar-refractivity contribution in [1.82, 2.24) is 19.7 Å². The summed E-state index contributed by atoms with van der Waals surface area (Å²) in [6, 6.07) is 5.15. The van der Waals surface area contributed by atoms with E-state index in [1.165, 1.54) is 4.90 Å². The maximum Gasteiger partial charge on any atom is 0.267 e. The van der Waals surface area contributed by atoms with Gasteiger partial charge in [0, 0.05) is 31.4 Å². The fraction of sp³-hybridized carbons (Fsp3) is 0.375. The molecule has 5 rings (SSSR count). The third kappa shape index (κ3) is 3.53. The Morgan fingerprint density at radius 3 is 2.72 bits per heavy atom. The lowest BCUT2D eigenvalue weighted by molar-refractivity contribution is 0.0113. The molecule has 0 saturated carbocycles. The summed E-state index contributed by atoms with van der Waals surface area (Å²) in [6.45, 7) is 3.45. The third-order valence-electron chi connectivity index (χ3n) is 6.46. The zero-order chi connectivity index (χ0) is 22.6. The van der Waals surface area contributed by atoms with E-state index < -0.39 is 18.5 Å². The lowest BCUT2D eigenvalue weighted by Crippen LogP contribution is -2.37. The Morgan fingerprint density at radius 2 is 2.03 bits per heavy atom. The summed E-state index contributed by atoms with van der Waals surface area (Å²) < 4.78 is 35.5. The molecule has 1 fully saturated rings. The molecule has 6 nitrogen and oxygen atoms in total. The van der Waals surface area contributed by atoms with E-state index in [1.54, 1.807) is 16.9 Å². The van der Waals surface area contributed by atoms with Crippen LogP contribution in [0.1, 0.15) is 39.0 Å². The number of hydrogen-bond acceptors (Lipinski definition) is 4. The molecule has 166 valence electrons. The highest BCUT2D eigenvalue weighted by atomic mass is 19.3. The van der Waals surface area contributed by atoms with Crippen LogP contribution in [0, 0.1) is 13.8 Å². The van der Waals surface area contributed by atoms with Gasteiger partial charge in [-0.05, 0) is 54.7 Å². The van der Waals surface area contributed by atoms with Crippen molar-refractivity contribution >= 4 is 5.91 Å². The monoisotopic (exact) mass is 438 g/mol. The number of benzene rings is 1. The van der Waals surface area contributed by atoms with Crippen molar-refractivity contribution in [3.8, 4) is 17.0 Å². The number of halogens is 2. The summed E-state index contributed by atoms with van der Waals surface area (Å²) in [6.07, 6.45) is 5.71. The Hall–Kier alpha value is -3.29. The van der Waals surface area contributed by atoms with Gasteiger partial charge in [-0.1, -0.05) is 6.07 Å². The van der Waals surface area contributed by atoms with Gasteiger partial charge in [-0.3, -0.25) is 14.5 Å². The van der Waals surface area contributed by atoms with Crippen LogP contribution in [0.15, 0.2) is 36.8 Å². The number of hydrogen-bond donors (Lipinski definition) is 0. The number of pyridine rings is 1. The second kappa shape index (κ2) is 7.39. The van der Waals surface area contributed by atoms with Crippen LogP contribution in [-0.2, 0) is 13.5 Å². The summed E-state index contributed by atoms with van der Waals surface area (Å²) in [5.74, 6) is -2.74. The largest absolute Gasteiger partial charge is 0.490 e. The lowest BCUT2D eigenvalue weighted by Gasteiger charge is -2.20. The van der Waals surface area contributed by atoms with Gasteiger partial charge in [0.05, 0.1) is 30.0 Å². The molecular weight excluding hydrogens is 414 g/mol. The van der Waals surface area contributed by atoms with Gasteiger partial charge in [0.15, 0.2) is 0 Å². The molecule has 8 heteroatoms. The van der Waals surface area contributed by atoms with Gasteiger partial charge >= 0.3 is 0 Å². The van der Waals surface area contributed by atoms with Crippen LogP contribution in [-0.4, -0.2) is 50.7 Å². The predicted octanol–water partition coefficient (Wildman–Crippen LogP) is 3.93. The molecule has 0 unspecified atom stereocenters. The minimum Gasteiger partial charge on any atom is -0.490 e. The third-order valence-corrected chi connectivity index (χ3v) is 6.46. The zero-order valence-electron chi connectivity index (χ0n) is 18.2. The van der Waals surface area contributed by atoms with E-state index in [-0.39, 0.29) is 18.9 Å². The molecule has 1 saturated heterocycles. The summed E-state index contributed by atoms with van der Waals surface area (Å²) in [4.78, 5) is 19.0. The van der Waals surface area contributed by atoms with E-state index in [1.807, 2.05) is 45.4 Å². The fourth-order valence-electron chi connectivity index (χ4n) is 4.58. The molecule has 0 aliphatic carbocycles. The van der Waals surface area contributed by atoms with Crippen LogP contribution in [0.5, 0.6) is 5.75 Å². The molecule has 0 N–H and O–H groups in total. The minimum atomic E-state index is -2.87. The second-order valence-electron chi connectivity index (χ2n) is 8.75. The summed E-state index contributed by atoms with van der Waals surface area (Å²) in [5, 5.41) is 4.17. The molecule has 3 aromatic rings. The van der Waals surface area contributed by atoms with E-state index in [4.69, 9.17) is 4.74 Å². The van der Waals surface area contributed by atoms with E-state index in [2.05, 4.69) is 10.1 Å². The molecule has 2 aliphatic rings. The highest BCUT2D eigenvalue weighted by molar-refractivity contribution is 5.98. The van der Waals surface area contributed by atoms with E-state index >= 15 is 0 Å². The van der Waals surface area contributed by atoms with Crippen molar-refractivity contribution in [1.29, 1.82) is 0 Å². The highest BCUT2D eigenvalue weighted by Crippen LogP contribution is 2.39. The van der Waals surface area contributed by atoms with E-state index in [0.717, 1.165) is 33.5 Å². The number of aromatic nitrogens is 3. The van der Waals surface area contributed by atoms with Crippen LogP contribution in [0.25, 0.3) is 11.3 Å². The molecule has 1 aromatic carbocycles. The van der Waals surface area contributed by atoms with Crippen molar-refractivity contribution in [2.45, 2.75) is 38.7 Å². The number of alkyl halides is 2. The molecule has 32 heavy (non-hydrogen) atoms. The first-order valence-corrected chi connectivity index (χ1v) is 10.6. The van der Waals surface area contributed by atoms with Gasteiger partial charge in [-0.25, -0.2) is 8.78 Å². The molecule has 0 radical (unpaired) electrons. The average molecular weight is 438 g/mol. The average Bonchev–Trinajstić information content (AvgIpc) is 3.29. The van der Waals surface area contributed by atoms with Crippen molar-refractivity contribution in [2.75, 3.05) is 13.2 Å². The quantitative estimate of drug-likeness (QED) is 0.622. The number of ether oxygens (including phenoxy) is 1. The number of fused-ring (bicyclic) bond motifs is 2. The minimum absolute atomic E-state index is 0.0910. The predicted molar refractivity (Wildman–Crippen MR) is 115 cm³/mol. The first kappa shape index (κ1) is 20.6. The fourth-order valence-corrected chi connectivity index (χ4v) is 4.58. The Morgan fingerprint density at radius 1 is 1.22 bits per heavy atom. The van der Waals surface area contributed by atoms with Gasteiger partial charge in [0.1, 0.15) is 12.4 Å². The van der Waals surface area contributed by atoms with Crippen LogP contribution >= 0.6 is 0 Å². The molecule has 1 atom stereocenters. The molecular formula is C24H24F2N4O2. The van der Waals surface area contributed by atoms with Crippen molar-refractivity contribution in [2.24, 2.45) is 7.05 Å². The maximum absolute atomic E-state index is 13.9. The molecule has 2 aromatic heterocycles. The number of rotatable bonds is 3. The Kier molecular flexibility index (Phi) is 4.76. The van der Waals surface area contributed by atoms with Crippen LogP contribution in [0.4, 0.5) is 8.78 Å². The summed E-state index contributed by atoms with van der Waals surface area (Å²) in [7, 11) is 1.86. The van der Waals surface area contributed by atoms with Crippen molar-refractivity contribution in [3.05, 3.63) is 64.6 Å². The Balaban J connectivity index is 1.45. The number of nitrogens with zero attached hydrogens (tertiary/aromatic N) is 4. The van der Waals surface area contributed by atoms with Crippen LogP contribution < -0.4 is 4.74 Å². The van der Waals surface area contributed by atoms with Crippen molar-refractivity contribution < 1.29 is 18.3 Å². The molecule has 0 spiro atoms. The highest BCUT2D eigenvalue weighted by Gasteiger charge is 2.49. The Bertz CT molecular complexity index is 1200. The molecule has 2 aliphatic heterocycles. The topological polar surface area (TPSA) is 60.2 Å². The van der Waals surface area contributed by atoms with E-state index in [9.17, 15) is 13.6 Å². The standard InChI is InChI=1S/C24H24F2N4O2/c1-14-15(2)22-20(23(31)30-13-24(25,26)8-19(30)12-32-22)7-17(14)6-16-4-5-21(27-9-16)18-10-28-29(3)11-18/h4-5,7,9-11,19H,6,8,12-13H2,1-3H3/t19-/m1/s1. The van der Waals surface area contributed by atoms with E-state index in [0.29, 0.717) is 17.7 Å². The van der Waals surface area contributed by atoms with Gasteiger partial charge in [-0.2, -0.15) is 5.10 Å². The molecule has 0 bridgehead atoms. The normalized spacial score (nSPS) is 19.3. The number of aryl methyl sites for hydroxylation is 1. The first-order chi connectivity index (χ1) is 15.2.